The van der Waals surface area contributed by atoms with E-state index < -0.39 is 180 Å². The van der Waals surface area contributed by atoms with Crippen molar-refractivity contribution in [2.45, 2.75) is 222 Å². The highest BCUT2D eigenvalue weighted by Crippen LogP contribution is 2.13. The van der Waals surface area contributed by atoms with Crippen LogP contribution in [0.15, 0.2) is 30.3 Å². The Morgan fingerprint density at radius 1 is 0.598 bits per heavy atom. The molecule has 27 N–H and O–H groups in total. The Hall–Kier alpha value is -8.10. The molecular weight excluding hydrogens is 1270 g/mol. The second-order valence-electron chi connectivity index (χ2n) is 24.4. The van der Waals surface area contributed by atoms with E-state index in [2.05, 4.69) is 76.0 Å². The van der Waals surface area contributed by atoms with Crippen LogP contribution in [0.2, 0.25) is 0 Å². The van der Waals surface area contributed by atoms with Gasteiger partial charge in [0.25, 0.3) is 0 Å². The van der Waals surface area contributed by atoms with Crippen molar-refractivity contribution in [3.05, 3.63) is 46.0 Å². The van der Waals surface area contributed by atoms with Crippen molar-refractivity contribution >= 4 is 70.9 Å². The quantitative estimate of drug-likeness (QED) is 0.0127. The van der Waals surface area contributed by atoms with Gasteiger partial charge < -0.3 is 103 Å². The summed E-state index contributed by atoms with van der Waals surface area (Å²) in [6.07, 6.45) is -2.23. The fourth-order valence-electron chi connectivity index (χ4n) is 10.1. The summed E-state index contributed by atoms with van der Waals surface area (Å²) in [7, 11) is 0. The zero-order valence-electron chi connectivity index (χ0n) is 56.3. The first-order valence-corrected chi connectivity index (χ1v) is 33.2. The maximum absolute atomic E-state index is 14.7. The third-order valence-electron chi connectivity index (χ3n) is 15.6. The number of carbonyl (C=O) groups is 12. The number of nitrogens with two attached hydrogens (primary N) is 6. The number of carbonyl (C=O) groups excluding carboxylic acids is 12. The molecule has 1 heterocycles. The maximum atomic E-state index is 14.7. The van der Waals surface area contributed by atoms with Crippen LogP contribution in [-0.2, 0) is 64.0 Å². The number of unbranched alkanes of at least 4 members (excludes halogenated alkanes) is 4. The van der Waals surface area contributed by atoms with Crippen LogP contribution in [0.1, 0.15) is 136 Å². The van der Waals surface area contributed by atoms with E-state index in [4.69, 9.17) is 34.4 Å². The Labute approximate surface area is 565 Å². The van der Waals surface area contributed by atoms with Crippen LogP contribution >= 0.6 is 0 Å². The molecule has 548 valence electrons. The molecule has 1 unspecified atom stereocenters. The van der Waals surface area contributed by atoms with Crippen molar-refractivity contribution in [1.82, 2.24) is 69.1 Å². The molecular formula is C61H108N20O16. The van der Waals surface area contributed by atoms with Gasteiger partial charge in [-0.15, -0.1) is 0 Å². The number of rotatable bonds is 37. The van der Waals surface area contributed by atoms with Crippen LogP contribution in [0.4, 0.5) is 0 Å². The summed E-state index contributed by atoms with van der Waals surface area (Å²) in [5, 5.41) is 65.7. The van der Waals surface area contributed by atoms with Gasteiger partial charge in [0.15, 0.2) is 0 Å². The molecule has 0 aliphatic carbocycles. The molecule has 1 aromatic carbocycles. The SMILES string of the molecule is CCCCCCCC(=O)N[C@@H](CCN)C(=O)N[C@H](C(=O)N[C@@H](CCN)C(=O)N[C@H]1CCNC(=O)[C@H]([C@@H](C)O)NC(=O)[C@H](CCNC(=O)[C@@H](N)CCCNC(N)[N+](=O)[O-])NC(=O)[C@H](CCN)NC(=O)[C@H](CC(C)C)NC(=O)[C@@H](Cc2ccccc2)NC(=O)[C@H](CCN)NC1=O)[C@@H](C)O. The summed E-state index contributed by atoms with van der Waals surface area (Å²) in [6, 6.07) is -8.43. The Bertz CT molecular complexity index is 2700. The van der Waals surface area contributed by atoms with Gasteiger partial charge in [-0.1, -0.05) is 76.8 Å². The monoisotopic (exact) mass is 1380 g/mol. The topological polar surface area (TPSA) is 601 Å². The molecule has 0 spiro atoms. The molecule has 1 aliphatic heterocycles. The molecule has 0 aromatic heterocycles. The van der Waals surface area contributed by atoms with Gasteiger partial charge in [-0.25, -0.2) is 5.32 Å². The molecule has 14 atom stereocenters. The van der Waals surface area contributed by atoms with Gasteiger partial charge in [-0.2, -0.15) is 0 Å². The first-order valence-electron chi connectivity index (χ1n) is 33.2. The van der Waals surface area contributed by atoms with Crippen molar-refractivity contribution in [3.63, 3.8) is 0 Å². The molecule has 1 fully saturated rings. The summed E-state index contributed by atoms with van der Waals surface area (Å²) >= 11 is 0. The smallest absolute Gasteiger partial charge is 0.320 e. The van der Waals surface area contributed by atoms with E-state index in [0.717, 1.165) is 32.6 Å². The number of nitrogens with zero attached hydrogens (tertiary/aromatic N) is 1. The number of aliphatic hydroxyl groups is 2. The fraction of sp³-hybridized carbons (Fsp3) is 0.705. The van der Waals surface area contributed by atoms with Gasteiger partial charge in [-0.05, 0) is 116 Å². The number of hydrogen-bond donors (Lipinski definition) is 21. The molecule has 36 heteroatoms. The summed E-state index contributed by atoms with van der Waals surface area (Å²) in [6.45, 7) is 6.26. The minimum Gasteiger partial charge on any atom is -0.391 e. The summed E-state index contributed by atoms with van der Waals surface area (Å²) in [4.78, 5) is 179. The van der Waals surface area contributed by atoms with E-state index in [1.54, 1.807) is 44.2 Å². The fourth-order valence-corrected chi connectivity index (χ4v) is 10.1. The number of aliphatic hydroxyl groups excluding tert-OH is 2. The summed E-state index contributed by atoms with van der Waals surface area (Å²) in [5.41, 5.74) is 35.6. The van der Waals surface area contributed by atoms with Gasteiger partial charge >= 0.3 is 6.29 Å². The lowest BCUT2D eigenvalue weighted by atomic mass is 10.00. The third-order valence-corrected chi connectivity index (χ3v) is 15.6. The maximum Gasteiger partial charge on any atom is 0.320 e. The van der Waals surface area contributed by atoms with Gasteiger partial charge in [0.05, 0.1) is 23.2 Å². The molecule has 1 aliphatic rings. The summed E-state index contributed by atoms with van der Waals surface area (Å²) in [5.74, 6) is -11.5. The number of nitrogens with one attached hydrogen (secondary N) is 13. The second kappa shape index (κ2) is 46.2. The molecule has 0 bridgehead atoms. The van der Waals surface area contributed by atoms with E-state index in [9.17, 15) is 77.9 Å². The van der Waals surface area contributed by atoms with E-state index in [1.807, 2.05) is 0 Å². The van der Waals surface area contributed by atoms with E-state index in [1.165, 1.54) is 6.92 Å². The number of nitro groups is 1. The van der Waals surface area contributed by atoms with Crippen LogP contribution in [0, 0.1) is 16.0 Å². The predicted molar refractivity (Wildman–Crippen MR) is 356 cm³/mol. The van der Waals surface area contributed by atoms with Crippen molar-refractivity contribution in [1.29, 1.82) is 0 Å². The molecule has 0 saturated carbocycles. The minimum atomic E-state index is -1.83. The Morgan fingerprint density at radius 3 is 1.69 bits per heavy atom. The van der Waals surface area contributed by atoms with Gasteiger partial charge in [-0.3, -0.25) is 73.4 Å². The first-order chi connectivity index (χ1) is 46.0. The van der Waals surface area contributed by atoms with Gasteiger partial charge in [0.1, 0.15) is 60.4 Å². The lowest BCUT2D eigenvalue weighted by Crippen LogP contribution is -2.62. The number of benzene rings is 1. The molecule has 2 rings (SSSR count). The van der Waals surface area contributed by atoms with E-state index in [-0.39, 0.29) is 103 Å². The highest BCUT2D eigenvalue weighted by Gasteiger charge is 2.38. The number of amides is 12. The van der Waals surface area contributed by atoms with Crippen LogP contribution in [0.3, 0.4) is 0 Å². The van der Waals surface area contributed by atoms with Crippen LogP contribution < -0.4 is 104 Å². The average molecular weight is 1380 g/mol. The van der Waals surface area contributed by atoms with Crippen LogP contribution in [0.25, 0.3) is 0 Å². The number of hydrogen-bond acceptors (Lipinski definition) is 23. The minimum absolute atomic E-state index is 0.0262. The molecule has 36 nitrogen and oxygen atoms in total. The second-order valence-corrected chi connectivity index (χ2v) is 24.4. The molecule has 0 radical (unpaired) electrons. The Balaban J connectivity index is 2.74. The van der Waals surface area contributed by atoms with Gasteiger partial charge in [0, 0.05) is 32.5 Å². The van der Waals surface area contributed by atoms with Crippen molar-refractivity contribution in [3.8, 4) is 0 Å². The highest BCUT2D eigenvalue weighted by molar-refractivity contribution is 5.99. The average Bonchev–Trinajstić information content (AvgIpc) is 1.05. The third kappa shape index (κ3) is 32.2. The summed E-state index contributed by atoms with van der Waals surface area (Å²) < 4.78 is 0. The highest BCUT2D eigenvalue weighted by atomic mass is 16.6. The zero-order valence-corrected chi connectivity index (χ0v) is 56.3. The van der Waals surface area contributed by atoms with Crippen molar-refractivity contribution in [2.75, 3.05) is 45.8 Å². The largest absolute Gasteiger partial charge is 0.391 e. The Morgan fingerprint density at radius 2 is 1.13 bits per heavy atom. The molecule has 12 amide bonds. The Kier molecular flexibility index (Phi) is 40.5. The van der Waals surface area contributed by atoms with Gasteiger partial charge in [0.2, 0.25) is 70.9 Å². The molecule has 97 heavy (non-hydrogen) atoms. The standard InChI is InChI=1S/C61H108N20O16/c1-6-7-8-9-13-18-47(84)71-39(19-25-62)55(90)80-49(36(5)83)60(95)76-42(22-28-65)52(87)74-43-24-31-69-59(94)48(35(4)82)79-56(91)44(23-30-68-50(85)38(66)17-14-29-70-61(67)81(96)97)75-51(86)40(20-26-63)73-57(92)45(32-34(2)3)77-58(93)46(33-37-15-11-10-12-16-37)78-53(88)41(21-27-64)72-54(43)89/h10-12,15-16,34-36,38-46,48-49,61,70,82-83H,6-9,13-14,17-33,62-67H2,1-5H3,(H,68,85)(H,69,94)(H,71,84)(H,72,89)(H,73,92)(H,74,87)(H,75,86)(H,76,95)(H,77,93)(H,78,88)(H,79,91)(H,80,90)/t35-,36-,38+,39+,40+,41+,42+,43+,44+,45+,46-,48+,49+,61?/m1/s1. The lowest BCUT2D eigenvalue weighted by molar-refractivity contribution is -0.528. The van der Waals surface area contributed by atoms with E-state index >= 15 is 0 Å². The molecule has 1 saturated heterocycles. The predicted octanol–water partition coefficient (Wildman–Crippen LogP) is -7.12. The first kappa shape index (κ1) is 85.0. The van der Waals surface area contributed by atoms with Crippen LogP contribution in [-0.4, -0.2) is 217 Å². The van der Waals surface area contributed by atoms with E-state index in [0.29, 0.717) is 12.0 Å². The van der Waals surface area contributed by atoms with Crippen molar-refractivity contribution < 1.29 is 72.7 Å². The molecule has 1 aromatic rings. The normalized spacial score (nSPS) is 21.8. The van der Waals surface area contributed by atoms with Crippen LogP contribution in [0.5, 0.6) is 0 Å². The van der Waals surface area contributed by atoms with Crippen molar-refractivity contribution in [2.24, 2.45) is 40.3 Å². The zero-order chi connectivity index (χ0) is 72.7. The lowest BCUT2D eigenvalue weighted by Gasteiger charge is -2.29.